The van der Waals surface area contributed by atoms with Crippen LogP contribution in [0.4, 0.5) is 0 Å². The van der Waals surface area contributed by atoms with Gasteiger partial charge in [-0.2, -0.15) is 5.10 Å². The zero-order valence-corrected chi connectivity index (χ0v) is 14.4. The van der Waals surface area contributed by atoms with Crippen molar-refractivity contribution in [2.75, 3.05) is 33.8 Å². The van der Waals surface area contributed by atoms with Gasteiger partial charge in [0.15, 0.2) is 0 Å². The third kappa shape index (κ3) is 3.93. The Balaban J connectivity index is 1.58. The lowest BCUT2D eigenvalue weighted by Gasteiger charge is -2.47. The maximum atomic E-state index is 11.8. The molecule has 0 N–H and O–H groups in total. The molecule has 23 heavy (non-hydrogen) atoms. The van der Waals surface area contributed by atoms with Gasteiger partial charge in [-0.25, -0.2) is 0 Å². The van der Waals surface area contributed by atoms with Crippen molar-refractivity contribution in [3.63, 3.8) is 0 Å². The molecule has 0 radical (unpaired) electrons. The van der Waals surface area contributed by atoms with E-state index in [2.05, 4.69) is 16.2 Å². The zero-order valence-electron chi connectivity index (χ0n) is 14.4. The van der Waals surface area contributed by atoms with Crippen molar-refractivity contribution in [1.82, 2.24) is 19.6 Å². The first kappa shape index (κ1) is 16.5. The minimum absolute atomic E-state index is 0.0564. The van der Waals surface area contributed by atoms with Crippen LogP contribution < -0.4 is 0 Å². The summed E-state index contributed by atoms with van der Waals surface area (Å²) >= 11 is 0. The highest BCUT2D eigenvalue weighted by atomic mass is 16.5. The van der Waals surface area contributed by atoms with Crippen molar-refractivity contribution in [3.05, 3.63) is 18.0 Å². The molecule has 1 amide bonds. The predicted molar refractivity (Wildman–Crippen MR) is 87.8 cm³/mol. The fraction of sp³-hybridized carbons (Fsp3) is 0.765. The van der Waals surface area contributed by atoms with Gasteiger partial charge in [0.05, 0.1) is 12.3 Å². The molecule has 2 atom stereocenters. The Kier molecular flexibility index (Phi) is 5.02. The third-order valence-corrected chi connectivity index (χ3v) is 5.13. The number of carbonyl (C=O) groups is 1. The molecule has 2 unspecified atom stereocenters. The Bertz CT molecular complexity index is 528. The molecule has 6 heteroatoms. The number of piperidine rings is 1. The molecule has 2 fully saturated rings. The van der Waals surface area contributed by atoms with E-state index in [1.165, 1.54) is 24.8 Å². The first-order valence-corrected chi connectivity index (χ1v) is 8.54. The third-order valence-electron chi connectivity index (χ3n) is 5.13. The molecule has 1 aromatic rings. The number of likely N-dealkylation sites (tertiary alicyclic amines) is 1. The number of carbonyl (C=O) groups excluding carboxylic acids is 1. The predicted octanol–water partition coefficient (Wildman–Crippen LogP) is 1.13. The second-order valence-corrected chi connectivity index (χ2v) is 7.23. The number of hydrogen-bond donors (Lipinski definition) is 0. The van der Waals surface area contributed by atoms with Gasteiger partial charge in [-0.3, -0.25) is 14.4 Å². The molecule has 0 aromatic carbocycles. The largest absolute Gasteiger partial charge is 0.368 e. The Labute approximate surface area is 138 Å². The highest BCUT2D eigenvalue weighted by molar-refractivity contribution is 5.76. The molecule has 1 saturated carbocycles. The van der Waals surface area contributed by atoms with E-state index in [1.54, 1.807) is 19.0 Å². The first-order valence-electron chi connectivity index (χ1n) is 8.54. The van der Waals surface area contributed by atoms with Gasteiger partial charge in [-0.05, 0) is 24.7 Å². The van der Waals surface area contributed by atoms with E-state index in [9.17, 15) is 4.79 Å². The fourth-order valence-corrected chi connectivity index (χ4v) is 3.99. The van der Waals surface area contributed by atoms with Gasteiger partial charge in [0, 0.05) is 52.5 Å². The lowest BCUT2D eigenvalue weighted by molar-refractivity contribution is -0.144. The summed E-state index contributed by atoms with van der Waals surface area (Å²) in [7, 11) is 5.52. The van der Waals surface area contributed by atoms with Crippen LogP contribution in [0.3, 0.4) is 0 Å². The van der Waals surface area contributed by atoms with Gasteiger partial charge in [0.1, 0.15) is 6.61 Å². The monoisotopic (exact) mass is 320 g/mol. The lowest BCUT2D eigenvalue weighted by Crippen LogP contribution is -2.52. The summed E-state index contributed by atoms with van der Waals surface area (Å²) < 4.78 is 7.90. The van der Waals surface area contributed by atoms with E-state index < -0.39 is 0 Å². The molecule has 2 heterocycles. The number of amides is 1. The molecular formula is C17H28N4O2. The average Bonchev–Trinajstić information content (AvgIpc) is 2.89. The van der Waals surface area contributed by atoms with Gasteiger partial charge in [-0.15, -0.1) is 0 Å². The minimum atomic E-state index is 0.0564. The van der Waals surface area contributed by atoms with Crippen LogP contribution in [-0.2, 0) is 23.1 Å². The quantitative estimate of drug-likeness (QED) is 0.816. The van der Waals surface area contributed by atoms with E-state index in [1.807, 2.05) is 17.9 Å². The molecule has 2 bridgehead atoms. The van der Waals surface area contributed by atoms with Gasteiger partial charge < -0.3 is 9.64 Å². The summed E-state index contributed by atoms with van der Waals surface area (Å²) in [4.78, 5) is 15.9. The number of likely N-dealkylation sites (N-methyl/N-ethyl adjacent to an activating group) is 1. The van der Waals surface area contributed by atoms with Gasteiger partial charge in [-0.1, -0.05) is 6.42 Å². The second-order valence-electron chi connectivity index (χ2n) is 7.23. The number of aromatic nitrogens is 2. The van der Waals surface area contributed by atoms with Crippen LogP contribution in [0.25, 0.3) is 0 Å². The molecule has 2 aliphatic rings. The van der Waals surface area contributed by atoms with Gasteiger partial charge in [0.2, 0.25) is 5.91 Å². The van der Waals surface area contributed by atoms with E-state index in [4.69, 9.17) is 4.74 Å². The van der Waals surface area contributed by atoms with Crippen molar-refractivity contribution in [2.45, 2.75) is 31.9 Å². The van der Waals surface area contributed by atoms with Gasteiger partial charge in [0.25, 0.3) is 0 Å². The summed E-state index contributed by atoms with van der Waals surface area (Å²) in [5.41, 5.74) is 1.27. The Morgan fingerprint density at radius 2 is 2.04 bits per heavy atom. The zero-order chi connectivity index (χ0) is 16.4. The molecule has 3 rings (SSSR count). The SMILES string of the molecule is CN(C)C(=O)COC1C2CCCC1CN(Cc1cnn(C)c1)C2. The standard InChI is InChI=1S/C17H28N4O2/c1-19(2)16(22)12-23-17-14-5-4-6-15(17)11-21(10-14)9-13-7-18-20(3)8-13/h7-8,14-15,17H,4-6,9-12H2,1-3H3. The number of hydrogen-bond acceptors (Lipinski definition) is 4. The van der Waals surface area contributed by atoms with Crippen molar-refractivity contribution < 1.29 is 9.53 Å². The van der Waals surface area contributed by atoms with Crippen molar-refractivity contribution in [2.24, 2.45) is 18.9 Å². The van der Waals surface area contributed by atoms with Crippen LogP contribution in [0.1, 0.15) is 24.8 Å². The smallest absolute Gasteiger partial charge is 0.248 e. The van der Waals surface area contributed by atoms with Crippen molar-refractivity contribution >= 4 is 5.91 Å². The highest BCUT2D eigenvalue weighted by Gasteiger charge is 2.40. The van der Waals surface area contributed by atoms with Crippen molar-refractivity contribution in [3.8, 4) is 0 Å². The highest BCUT2D eigenvalue weighted by Crippen LogP contribution is 2.37. The Hall–Kier alpha value is -1.40. The molecule has 128 valence electrons. The summed E-state index contributed by atoms with van der Waals surface area (Å²) in [5.74, 6) is 1.16. The topological polar surface area (TPSA) is 50.6 Å². The first-order chi connectivity index (χ1) is 11.0. The summed E-state index contributed by atoms with van der Waals surface area (Å²) in [6, 6.07) is 0. The summed E-state index contributed by atoms with van der Waals surface area (Å²) in [6.07, 6.45) is 8.00. The Morgan fingerprint density at radius 1 is 1.35 bits per heavy atom. The molecular weight excluding hydrogens is 292 g/mol. The van der Waals surface area contributed by atoms with Crippen LogP contribution in [0.5, 0.6) is 0 Å². The summed E-state index contributed by atoms with van der Waals surface area (Å²) in [5, 5.41) is 4.26. The van der Waals surface area contributed by atoms with E-state index in [0.29, 0.717) is 11.8 Å². The number of fused-ring (bicyclic) bond motifs is 2. The minimum Gasteiger partial charge on any atom is -0.368 e. The number of aryl methyl sites for hydroxylation is 1. The van der Waals surface area contributed by atoms with Crippen LogP contribution in [0, 0.1) is 11.8 Å². The molecule has 1 aromatic heterocycles. The van der Waals surface area contributed by atoms with Crippen LogP contribution >= 0.6 is 0 Å². The summed E-state index contributed by atoms with van der Waals surface area (Å²) in [6.45, 7) is 3.30. The molecule has 6 nitrogen and oxygen atoms in total. The maximum absolute atomic E-state index is 11.8. The van der Waals surface area contributed by atoms with Crippen molar-refractivity contribution in [1.29, 1.82) is 0 Å². The number of nitrogens with zero attached hydrogens (tertiary/aromatic N) is 4. The average molecular weight is 320 g/mol. The lowest BCUT2D eigenvalue weighted by atomic mass is 9.75. The fourth-order valence-electron chi connectivity index (χ4n) is 3.99. The van der Waals surface area contributed by atoms with E-state index >= 15 is 0 Å². The van der Waals surface area contributed by atoms with Gasteiger partial charge >= 0.3 is 0 Å². The van der Waals surface area contributed by atoms with Crippen LogP contribution in [0.2, 0.25) is 0 Å². The molecule has 0 spiro atoms. The molecule has 1 aliphatic carbocycles. The Morgan fingerprint density at radius 3 is 2.61 bits per heavy atom. The second kappa shape index (κ2) is 7.01. The molecule has 1 aliphatic heterocycles. The number of rotatable bonds is 5. The van der Waals surface area contributed by atoms with Crippen LogP contribution in [-0.4, -0.2) is 65.4 Å². The van der Waals surface area contributed by atoms with Crippen LogP contribution in [0.15, 0.2) is 12.4 Å². The molecule has 1 saturated heterocycles. The maximum Gasteiger partial charge on any atom is 0.248 e. The van der Waals surface area contributed by atoms with E-state index in [-0.39, 0.29) is 18.6 Å². The normalized spacial score (nSPS) is 27.9. The number of ether oxygens (including phenoxy) is 1. The van der Waals surface area contributed by atoms with E-state index in [0.717, 1.165) is 19.6 Å².